The Morgan fingerprint density at radius 2 is 2.04 bits per heavy atom. The van der Waals surface area contributed by atoms with Gasteiger partial charge in [0, 0.05) is 36.5 Å². The van der Waals surface area contributed by atoms with Gasteiger partial charge in [-0.3, -0.25) is 4.99 Å². The second-order valence-electron chi connectivity index (χ2n) is 7.44. The van der Waals surface area contributed by atoms with Crippen LogP contribution < -0.4 is 10.6 Å². The van der Waals surface area contributed by atoms with Crippen LogP contribution in [0.5, 0.6) is 0 Å². The molecule has 0 amide bonds. The van der Waals surface area contributed by atoms with Crippen LogP contribution in [-0.4, -0.2) is 49.8 Å². The van der Waals surface area contributed by atoms with Crippen LogP contribution in [0, 0.1) is 5.82 Å². The van der Waals surface area contributed by atoms with E-state index >= 15 is 0 Å². The summed E-state index contributed by atoms with van der Waals surface area (Å²) in [5, 5.41) is 6.83. The number of rotatable bonds is 7. The van der Waals surface area contributed by atoms with Crippen molar-refractivity contribution in [1.29, 1.82) is 0 Å². The van der Waals surface area contributed by atoms with Gasteiger partial charge in [0.25, 0.3) is 0 Å². The van der Waals surface area contributed by atoms with E-state index in [0.717, 1.165) is 50.7 Å². The van der Waals surface area contributed by atoms with Crippen LogP contribution in [0.1, 0.15) is 39.2 Å². The second-order valence-corrected chi connectivity index (χ2v) is 8.72. The molecule has 0 atom stereocenters. The fourth-order valence-electron chi connectivity index (χ4n) is 3.06. The Morgan fingerprint density at radius 3 is 2.65 bits per heavy atom. The third-order valence-electron chi connectivity index (χ3n) is 5.00. The Labute approximate surface area is 161 Å². The molecule has 4 nitrogen and oxygen atoms in total. The fraction of sp³-hybridized carbons (Fsp3) is 0.650. The largest absolute Gasteiger partial charge is 0.381 e. The van der Waals surface area contributed by atoms with E-state index in [4.69, 9.17) is 9.73 Å². The number of halogens is 1. The van der Waals surface area contributed by atoms with E-state index in [1.807, 2.05) is 17.8 Å². The van der Waals surface area contributed by atoms with Crippen LogP contribution in [-0.2, 0) is 10.2 Å². The average Bonchev–Trinajstić information content (AvgIpc) is 2.65. The maximum Gasteiger partial charge on any atom is 0.191 e. The molecule has 2 rings (SSSR count). The Hall–Kier alpha value is -1.27. The minimum atomic E-state index is -0.236. The fourth-order valence-corrected chi connectivity index (χ4v) is 3.85. The zero-order valence-electron chi connectivity index (χ0n) is 16.4. The summed E-state index contributed by atoms with van der Waals surface area (Å²) in [6.07, 6.45) is 4.27. The van der Waals surface area contributed by atoms with Gasteiger partial charge in [0.15, 0.2) is 5.96 Å². The molecule has 0 unspecified atom stereocenters. The minimum absolute atomic E-state index is 0.201. The molecule has 2 N–H and O–H groups in total. The van der Waals surface area contributed by atoms with Crippen molar-refractivity contribution in [3.05, 3.63) is 35.6 Å². The highest BCUT2D eigenvalue weighted by Crippen LogP contribution is 2.33. The minimum Gasteiger partial charge on any atom is -0.381 e. The zero-order chi connectivity index (χ0) is 19.0. The first-order valence-electron chi connectivity index (χ1n) is 9.32. The molecule has 0 aliphatic carbocycles. The molecule has 0 aromatic heterocycles. The molecule has 0 spiro atoms. The highest BCUT2D eigenvalue weighted by Gasteiger charge is 2.32. The Kier molecular flexibility index (Phi) is 7.77. The van der Waals surface area contributed by atoms with Crippen molar-refractivity contribution in [2.45, 2.75) is 43.8 Å². The summed E-state index contributed by atoms with van der Waals surface area (Å²) in [7, 11) is 0. The van der Waals surface area contributed by atoms with E-state index in [0.29, 0.717) is 6.54 Å². The van der Waals surface area contributed by atoms with E-state index in [-0.39, 0.29) is 16.0 Å². The van der Waals surface area contributed by atoms with E-state index in [9.17, 15) is 4.39 Å². The lowest BCUT2D eigenvalue weighted by molar-refractivity contribution is 0.0783. The van der Waals surface area contributed by atoms with Crippen molar-refractivity contribution in [3.8, 4) is 0 Å². The summed E-state index contributed by atoms with van der Waals surface area (Å²) >= 11 is 1.91. The van der Waals surface area contributed by atoms with Gasteiger partial charge < -0.3 is 15.4 Å². The molecule has 1 aromatic carbocycles. The Balaban J connectivity index is 2.03. The molecule has 0 saturated carbocycles. The summed E-state index contributed by atoms with van der Waals surface area (Å²) in [6.45, 7) is 10.2. The lowest BCUT2D eigenvalue weighted by Crippen LogP contribution is -2.48. The van der Waals surface area contributed by atoms with Crippen LogP contribution in [0.15, 0.2) is 29.3 Å². The van der Waals surface area contributed by atoms with Crippen LogP contribution in [0.3, 0.4) is 0 Å². The molecule has 1 fully saturated rings. The predicted molar refractivity (Wildman–Crippen MR) is 110 cm³/mol. The van der Waals surface area contributed by atoms with Gasteiger partial charge in [0.05, 0.1) is 6.54 Å². The SMILES string of the molecule is CCNC(=NCC(C)(C)c1cccc(F)c1)NCC1(SC)CCOCC1. The van der Waals surface area contributed by atoms with Gasteiger partial charge >= 0.3 is 0 Å². The highest BCUT2D eigenvalue weighted by atomic mass is 32.2. The Morgan fingerprint density at radius 1 is 1.31 bits per heavy atom. The van der Waals surface area contributed by atoms with Gasteiger partial charge in [-0.25, -0.2) is 4.39 Å². The lowest BCUT2D eigenvalue weighted by Gasteiger charge is -2.36. The van der Waals surface area contributed by atoms with E-state index in [2.05, 4.69) is 37.7 Å². The lowest BCUT2D eigenvalue weighted by atomic mass is 9.85. The van der Waals surface area contributed by atoms with Gasteiger partial charge in [-0.1, -0.05) is 26.0 Å². The number of guanidine groups is 1. The molecular weight excluding hydrogens is 349 g/mol. The first-order chi connectivity index (χ1) is 12.4. The van der Waals surface area contributed by atoms with Gasteiger partial charge in [-0.15, -0.1) is 0 Å². The van der Waals surface area contributed by atoms with Crippen LogP contribution >= 0.6 is 11.8 Å². The molecule has 26 heavy (non-hydrogen) atoms. The molecule has 0 bridgehead atoms. The van der Waals surface area contributed by atoms with E-state index in [1.54, 1.807) is 12.1 Å². The molecular formula is C20H32FN3OS. The standard InChI is InChI=1S/C20H32FN3OS/c1-5-22-18(24-15-20(26-4)9-11-25-12-10-20)23-14-19(2,3)16-7-6-8-17(21)13-16/h6-8,13H,5,9-12,14-15H2,1-4H3,(H2,22,23,24). The van der Waals surface area contributed by atoms with E-state index in [1.165, 1.54) is 6.07 Å². The number of thioether (sulfide) groups is 1. The number of hydrogen-bond acceptors (Lipinski definition) is 3. The number of benzene rings is 1. The van der Waals surface area contributed by atoms with Crippen LogP contribution in [0.2, 0.25) is 0 Å². The zero-order valence-corrected chi connectivity index (χ0v) is 17.2. The monoisotopic (exact) mass is 381 g/mol. The topological polar surface area (TPSA) is 45.7 Å². The molecule has 1 aliphatic rings. The average molecular weight is 382 g/mol. The van der Waals surface area contributed by atoms with Crippen molar-refractivity contribution < 1.29 is 9.13 Å². The van der Waals surface area contributed by atoms with Crippen LogP contribution in [0.4, 0.5) is 4.39 Å². The smallest absolute Gasteiger partial charge is 0.191 e. The number of nitrogens with one attached hydrogen (secondary N) is 2. The van der Waals surface area contributed by atoms with Crippen molar-refractivity contribution >= 4 is 17.7 Å². The second kappa shape index (κ2) is 9.60. The quantitative estimate of drug-likeness (QED) is 0.560. The number of hydrogen-bond donors (Lipinski definition) is 2. The first-order valence-corrected chi connectivity index (χ1v) is 10.5. The summed E-state index contributed by atoms with van der Waals surface area (Å²) in [5.41, 5.74) is 0.724. The maximum absolute atomic E-state index is 13.6. The Bertz CT molecular complexity index is 600. The van der Waals surface area contributed by atoms with Gasteiger partial charge in [-0.05, 0) is 43.7 Å². The van der Waals surface area contributed by atoms with Gasteiger partial charge in [0.2, 0.25) is 0 Å². The van der Waals surface area contributed by atoms with Crippen LogP contribution in [0.25, 0.3) is 0 Å². The molecule has 1 saturated heterocycles. The predicted octanol–water partition coefficient (Wildman–Crippen LogP) is 3.57. The summed E-state index contributed by atoms with van der Waals surface area (Å²) in [5.74, 6) is 0.614. The summed E-state index contributed by atoms with van der Waals surface area (Å²) < 4.78 is 19.3. The molecule has 146 valence electrons. The number of ether oxygens (including phenoxy) is 1. The molecule has 1 aromatic rings. The molecule has 0 radical (unpaired) electrons. The third-order valence-corrected chi connectivity index (χ3v) is 6.42. The van der Waals surface area contributed by atoms with E-state index < -0.39 is 0 Å². The van der Waals surface area contributed by atoms with Crippen molar-refractivity contribution in [3.63, 3.8) is 0 Å². The summed E-state index contributed by atoms with van der Waals surface area (Å²) in [6, 6.07) is 6.79. The van der Waals surface area contributed by atoms with Crippen molar-refractivity contribution in [1.82, 2.24) is 10.6 Å². The maximum atomic E-state index is 13.6. The molecule has 1 aliphatic heterocycles. The molecule has 6 heteroatoms. The van der Waals surface area contributed by atoms with Gasteiger partial charge in [-0.2, -0.15) is 11.8 Å². The normalized spacial score (nSPS) is 17.8. The van der Waals surface area contributed by atoms with Gasteiger partial charge in [0.1, 0.15) is 5.82 Å². The first kappa shape index (κ1) is 21.0. The highest BCUT2D eigenvalue weighted by molar-refractivity contribution is 8.00. The van der Waals surface area contributed by atoms with Crippen molar-refractivity contribution in [2.75, 3.05) is 39.1 Å². The number of aliphatic imine (C=N–C) groups is 1. The molecule has 1 heterocycles. The van der Waals surface area contributed by atoms with Crippen molar-refractivity contribution in [2.24, 2.45) is 4.99 Å². The third kappa shape index (κ3) is 5.88. The number of nitrogens with zero attached hydrogens (tertiary/aromatic N) is 1. The summed E-state index contributed by atoms with van der Waals surface area (Å²) in [4.78, 5) is 4.77.